The van der Waals surface area contributed by atoms with Crippen molar-refractivity contribution in [3.63, 3.8) is 0 Å². The maximum Gasteiger partial charge on any atom is 0.381 e. The highest BCUT2D eigenvalue weighted by atomic mass is 35.5. The van der Waals surface area contributed by atoms with Gasteiger partial charge in [-0.3, -0.25) is 0 Å². The lowest BCUT2D eigenvalue weighted by Gasteiger charge is -2.23. The van der Waals surface area contributed by atoms with Gasteiger partial charge in [-0.05, 0) is 13.3 Å². The highest BCUT2D eigenvalue weighted by Gasteiger charge is 2.02. The first-order valence-corrected chi connectivity index (χ1v) is 4.88. The third kappa shape index (κ3) is 24.7. The van der Waals surface area contributed by atoms with Gasteiger partial charge in [0.05, 0.1) is 27.7 Å². The predicted molar refractivity (Wildman–Crippen MR) is 58.3 cm³/mol. The van der Waals surface area contributed by atoms with Crippen molar-refractivity contribution in [1.29, 1.82) is 0 Å². The van der Waals surface area contributed by atoms with Crippen LogP contribution in [-0.2, 0) is 9.90 Å². The van der Waals surface area contributed by atoms with Gasteiger partial charge < -0.3 is 16.9 Å². The van der Waals surface area contributed by atoms with Crippen LogP contribution in [0.25, 0.3) is 0 Å². The summed E-state index contributed by atoms with van der Waals surface area (Å²) < 4.78 is 1.10. The van der Waals surface area contributed by atoms with E-state index in [9.17, 15) is 9.90 Å². The molecular formula is C11H23ClNO2. The largest absolute Gasteiger partial charge is 1.00 e. The topological polar surface area (TPSA) is 37.0 Å². The lowest BCUT2D eigenvalue weighted by atomic mass is 10.3. The van der Waals surface area contributed by atoms with Crippen LogP contribution in [0.5, 0.6) is 0 Å². The average Bonchev–Trinajstić information content (AvgIpc) is 2.00. The van der Waals surface area contributed by atoms with Crippen molar-refractivity contribution in [1.82, 2.24) is 0 Å². The number of halogens is 1. The zero-order valence-electron chi connectivity index (χ0n) is 10.5. The molecule has 0 aliphatic carbocycles. The molecular weight excluding hydrogens is 214 g/mol. The van der Waals surface area contributed by atoms with Crippen molar-refractivity contribution >= 4 is 5.97 Å². The molecule has 0 fully saturated rings. The molecule has 0 aromatic carbocycles. The van der Waals surface area contributed by atoms with Crippen LogP contribution in [0, 0.1) is 0 Å². The van der Waals surface area contributed by atoms with E-state index >= 15 is 0 Å². The van der Waals surface area contributed by atoms with Gasteiger partial charge in [-0.1, -0.05) is 19.9 Å². The minimum Gasteiger partial charge on any atom is -1.00 e. The Kier molecular flexibility index (Phi) is 13.3. The number of rotatable bonds is 4. The van der Waals surface area contributed by atoms with Crippen LogP contribution in [0.1, 0.15) is 26.7 Å². The summed E-state index contributed by atoms with van der Waals surface area (Å²) in [5, 5.41) is 9.49. The molecule has 0 saturated heterocycles. The maximum absolute atomic E-state index is 9.49. The zero-order valence-corrected chi connectivity index (χ0v) is 11.2. The summed E-state index contributed by atoms with van der Waals surface area (Å²) in [7, 11) is 6.70. The number of nitrogens with zero attached hydrogens (tertiary/aromatic N) is 1. The van der Waals surface area contributed by atoms with E-state index in [1.807, 2.05) is 0 Å². The monoisotopic (exact) mass is 236 g/mol. The number of hydrogen-bond donors (Lipinski definition) is 0. The molecule has 0 aromatic rings. The second-order valence-corrected chi connectivity index (χ2v) is 4.44. The zero-order chi connectivity index (χ0) is 11.8. The van der Waals surface area contributed by atoms with Crippen molar-refractivity contribution < 1.29 is 26.8 Å². The van der Waals surface area contributed by atoms with E-state index in [2.05, 4.69) is 34.6 Å². The normalized spacial score (nSPS) is 9.40. The molecule has 91 valence electrons. The van der Waals surface area contributed by atoms with Gasteiger partial charge in [-0.2, -0.15) is 0 Å². The Hall–Kier alpha value is -0.540. The Morgan fingerprint density at radius 3 is 1.67 bits per heavy atom. The molecule has 0 aliphatic rings. The summed E-state index contributed by atoms with van der Waals surface area (Å²) in [4.78, 5) is 9.49. The van der Waals surface area contributed by atoms with E-state index in [0.717, 1.165) is 4.48 Å². The quantitative estimate of drug-likeness (QED) is 0.457. The Bertz CT molecular complexity index is 174. The lowest BCUT2D eigenvalue weighted by Crippen LogP contribution is -3.00. The second-order valence-electron chi connectivity index (χ2n) is 4.44. The Morgan fingerprint density at radius 1 is 1.27 bits per heavy atom. The molecule has 3 nitrogen and oxygen atoms in total. The minimum absolute atomic E-state index is 0. The molecule has 0 atom stereocenters. The smallest absolute Gasteiger partial charge is 0.381 e. The SMILES string of the molecule is C=C(C)C([O])=O.CCCC[N+](C)(C)C.[Cl-]. The fraction of sp³-hybridized carbons (Fsp3) is 0.727. The van der Waals surface area contributed by atoms with Gasteiger partial charge in [-0.15, -0.1) is 0 Å². The van der Waals surface area contributed by atoms with Crippen LogP contribution in [-0.4, -0.2) is 38.1 Å². The van der Waals surface area contributed by atoms with Crippen molar-refractivity contribution in [2.75, 3.05) is 27.7 Å². The van der Waals surface area contributed by atoms with E-state index in [4.69, 9.17) is 0 Å². The molecule has 4 heteroatoms. The highest BCUT2D eigenvalue weighted by molar-refractivity contribution is 5.84. The average molecular weight is 237 g/mol. The van der Waals surface area contributed by atoms with Crippen molar-refractivity contribution in [3.8, 4) is 0 Å². The van der Waals surface area contributed by atoms with Gasteiger partial charge in [-0.25, -0.2) is 9.90 Å². The van der Waals surface area contributed by atoms with Gasteiger partial charge in [0, 0.05) is 5.57 Å². The molecule has 0 aliphatic heterocycles. The van der Waals surface area contributed by atoms with Crippen LogP contribution < -0.4 is 12.4 Å². The molecule has 0 N–H and O–H groups in total. The highest BCUT2D eigenvalue weighted by Crippen LogP contribution is 1.95. The van der Waals surface area contributed by atoms with Crippen molar-refractivity contribution in [2.45, 2.75) is 26.7 Å². The van der Waals surface area contributed by atoms with E-state index in [-0.39, 0.29) is 18.0 Å². The molecule has 0 rings (SSSR count). The summed E-state index contributed by atoms with van der Waals surface area (Å²) >= 11 is 0. The first-order chi connectivity index (χ1) is 6.20. The molecule has 0 heterocycles. The standard InChI is InChI=1S/C7H18N.C4H5O2.ClH/c1-5-6-7-8(2,3)4;1-3(2)4(5)6;/h5-7H2,1-4H3;1H2,2H3;1H/q+1;;/p-1. The summed E-state index contributed by atoms with van der Waals surface area (Å²) in [5.74, 6) is -1.19. The maximum atomic E-state index is 9.49. The van der Waals surface area contributed by atoms with Crippen LogP contribution in [0.15, 0.2) is 12.2 Å². The van der Waals surface area contributed by atoms with Gasteiger partial charge in [0.25, 0.3) is 0 Å². The molecule has 1 radical (unpaired) electrons. The third-order valence-corrected chi connectivity index (χ3v) is 1.53. The summed E-state index contributed by atoms with van der Waals surface area (Å²) in [6, 6.07) is 0. The first kappa shape index (κ1) is 19.9. The third-order valence-electron chi connectivity index (χ3n) is 1.53. The van der Waals surface area contributed by atoms with Crippen LogP contribution >= 0.6 is 0 Å². The van der Waals surface area contributed by atoms with Gasteiger partial charge in [0.2, 0.25) is 0 Å². The molecule has 0 unspecified atom stereocenters. The van der Waals surface area contributed by atoms with Crippen LogP contribution in [0.3, 0.4) is 0 Å². The first-order valence-electron chi connectivity index (χ1n) is 4.88. The second kappa shape index (κ2) is 9.99. The van der Waals surface area contributed by atoms with Crippen LogP contribution in [0.2, 0.25) is 0 Å². The molecule has 0 bridgehead atoms. The molecule has 0 saturated carbocycles. The molecule has 0 spiro atoms. The van der Waals surface area contributed by atoms with E-state index < -0.39 is 5.97 Å². The number of carbonyl (C=O) groups is 1. The Labute approximate surface area is 99.8 Å². The number of quaternary nitrogens is 1. The Morgan fingerprint density at radius 2 is 1.60 bits per heavy atom. The fourth-order valence-electron chi connectivity index (χ4n) is 0.632. The summed E-state index contributed by atoms with van der Waals surface area (Å²) in [6.07, 6.45) is 2.67. The molecule has 0 amide bonds. The fourth-order valence-corrected chi connectivity index (χ4v) is 0.632. The summed E-state index contributed by atoms with van der Waals surface area (Å²) in [6.45, 7) is 8.01. The predicted octanol–water partition coefficient (Wildman–Crippen LogP) is -0.984. The Balaban J connectivity index is -0.000000187. The molecule has 15 heavy (non-hydrogen) atoms. The van der Waals surface area contributed by atoms with E-state index in [1.54, 1.807) is 0 Å². The lowest BCUT2D eigenvalue weighted by molar-refractivity contribution is -0.870. The minimum atomic E-state index is -1.19. The van der Waals surface area contributed by atoms with Crippen molar-refractivity contribution in [2.24, 2.45) is 0 Å². The van der Waals surface area contributed by atoms with Crippen LogP contribution in [0.4, 0.5) is 0 Å². The van der Waals surface area contributed by atoms with Gasteiger partial charge in [0.1, 0.15) is 0 Å². The van der Waals surface area contributed by atoms with Gasteiger partial charge in [0.15, 0.2) is 0 Å². The number of hydrogen-bond acceptors (Lipinski definition) is 1. The molecule has 0 aromatic heterocycles. The van der Waals surface area contributed by atoms with Gasteiger partial charge >= 0.3 is 5.97 Å². The van der Waals surface area contributed by atoms with E-state index in [1.165, 1.54) is 26.3 Å². The number of carbonyl (C=O) groups excluding carboxylic acids is 1. The summed E-state index contributed by atoms with van der Waals surface area (Å²) in [5.41, 5.74) is 0.0648. The van der Waals surface area contributed by atoms with E-state index in [0.29, 0.717) is 0 Å². The number of unbranched alkanes of at least 4 members (excludes halogenated alkanes) is 1. The van der Waals surface area contributed by atoms with Crippen molar-refractivity contribution in [3.05, 3.63) is 12.2 Å².